The van der Waals surface area contributed by atoms with Crippen molar-refractivity contribution in [3.05, 3.63) is 70.9 Å². The van der Waals surface area contributed by atoms with E-state index in [-0.39, 0.29) is 17.9 Å². The molecule has 0 fully saturated rings. The topological polar surface area (TPSA) is 126 Å². The lowest BCUT2D eigenvalue weighted by Crippen LogP contribution is -2.35. The number of benzene rings is 2. The van der Waals surface area contributed by atoms with Crippen LogP contribution in [0.1, 0.15) is 0 Å². The molecule has 1 heterocycles. The van der Waals surface area contributed by atoms with Gasteiger partial charge in [0.1, 0.15) is 0 Å². The van der Waals surface area contributed by atoms with Crippen molar-refractivity contribution < 1.29 is 14.5 Å². The first-order chi connectivity index (χ1) is 13.0. The Bertz CT molecular complexity index is 1020. The number of nitro benzene ring substituents is 1. The summed E-state index contributed by atoms with van der Waals surface area (Å²) in [6.07, 6.45) is 1.63. The highest BCUT2D eigenvalue weighted by atomic mass is 16.6. The average Bonchev–Trinajstić information content (AvgIpc) is 2.67. The number of rotatable bonds is 5. The number of hydrogen-bond acceptors (Lipinski definition) is 5. The van der Waals surface area contributed by atoms with Crippen LogP contribution in [0.25, 0.3) is 10.9 Å². The molecule has 0 aliphatic rings. The number of nitrogens with zero attached hydrogens (tertiary/aromatic N) is 2. The van der Waals surface area contributed by atoms with Gasteiger partial charge >= 0.3 is 6.03 Å². The third-order valence-electron chi connectivity index (χ3n) is 3.63. The summed E-state index contributed by atoms with van der Waals surface area (Å²) in [6, 6.07) is 13.9. The first kappa shape index (κ1) is 17.8. The number of para-hydroxylation sites is 1. The van der Waals surface area contributed by atoms with E-state index in [1.807, 2.05) is 12.1 Å². The molecule has 9 heteroatoms. The SMILES string of the molecule is O=C(CNC(=O)Nc1cccc([N+](=O)[O-])c1)Nc1cccc2cccnc12. The van der Waals surface area contributed by atoms with Crippen molar-refractivity contribution >= 4 is 39.9 Å². The third kappa shape index (κ3) is 4.54. The Morgan fingerprint density at radius 1 is 1.04 bits per heavy atom. The van der Waals surface area contributed by atoms with Gasteiger partial charge in [-0.1, -0.05) is 24.3 Å². The Morgan fingerprint density at radius 2 is 1.81 bits per heavy atom. The molecule has 0 bridgehead atoms. The molecule has 3 rings (SSSR count). The molecule has 0 aliphatic carbocycles. The normalized spacial score (nSPS) is 10.2. The number of carbonyl (C=O) groups excluding carboxylic acids is 2. The molecule has 0 aliphatic heterocycles. The molecule has 0 unspecified atom stereocenters. The molecule has 1 aromatic heterocycles. The van der Waals surface area contributed by atoms with E-state index >= 15 is 0 Å². The number of non-ortho nitro benzene ring substituents is 1. The lowest BCUT2D eigenvalue weighted by atomic mass is 10.2. The minimum atomic E-state index is -0.651. The van der Waals surface area contributed by atoms with Gasteiger partial charge in [-0.2, -0.15) is 0 Å². The fourth-order valence-electron chi connectivity index (χ4n) is 2.43. The summed E-state index contributed by atoms with van der Waals surface area (Å²) in [5, 5.41) is 19.2. The highest BCUT2D eigenvalue weighted by Gasteiger charge is 2.10. The second-order valence-electron chi connectivity index (χ2n) is 5.54. The van der Waals surface area contributed by atoms with Crippen LogP contribution in [0.4, 0.5) is 21.9 Å². The number of hydrogen-bond donors (Lipinski definition) is 3. The predicted octanol–water partition coefficient (Wildman–Crippen LogP) is 2.90. The van der Waals surface area contributed by atoms with Crippen molar-refractivity contribution in [1.29, 1.82) is 0 Å². The van der Waals surface area contributed by atoms with Crippen LogP contribution in [-0.4, -0.2) is 28.4 Å². The summed E-state index contributed by atoms with van der Waals surface area (Å²) in [5.41, 5.74) is 1.29. The molecule has 0 spiro atoms. The third-order valence-corrected chi connectivity index (χ3v) is 3.63. The van der Waals surface area contributed by atoms with Crippen LogP contribution in [0.5, 0.6) is 0 Å². The van der Waals surface area contributed by atoms with E-state index in [0.717, 1.165) is 5.39 Å². The van der Waals surface area contributed by atoms with Gasteiger partial charge in [-0.25, -0.2) is 4.79 Å². The second-order valence-corrected chi connectivity index (χ2v) is 5.54. The number of nitro groups is 1. The Hall–Kier alpha value is -4.01. The van der Waals surface area contributed by atoms with Crippen LogP contribution >= 0.6 is 0 Å². The summed E-state index contributed by atoms with van der Waals surface area (Å²) < 4.78 is 0. The van der Waals surface area contributed by atoms with Crippen molar-refractivity contribution in [3.8, 4) is 0 Å². The smallest absolute Gasteiger partial charge is 0.319 e. The van der Waals surface area contributed by atoms with Gasteiger partial charge in [-0.15, -0.1) is 0 Å². The van der Waals surface area contributed by atoms with E-state index in [2.05, 4.69) is 20.9 Å². The van der Waals surface area contributed by atoms with Gasteiger partial charge in [-0.3, -0.25) is 19.9 Å². The Kier molecular flexibility index (Phi) is 5.22. The van der Waals surface area contributed by atoms with E-state index in [0.29, 0.717) is 11.2 Å². The molecule has 0 saturated carbocycles. The molecular formula is C18H15N5O4. The maximum Gasteiger partial charge on any atom is 0.319 e. The zero-order valence-corrected chi connectivity index (χ0v) is 14.0. The van der Waals surface area contributed by atoms with Gasteiger partial charge in [-0.05, 0) is 18.2 Å². The number of urea groups is 1. The number of amides is 3. The average molecular weight is 365 g/mol. The predicted molar refractivity (Wildman–Crippen MR) is 100 cm³/mol. The summed E-state index contributed by atoms with van der Waals surface area (Å²) in [6.45, 7) is -0.274. The molecule has 3 N–H and O–H groups in total. The molecule has 0 radical (unpaired) electrons. The lowest BCUT2D eigenvalue weighted by molar-refractivity contribution is -0.384. The largest absolute Gasteiger partial charge is 0.329 e. The van der Waals surface area contributed by atoms with Gasteiger partial charge < -0.3 is 16.0 Å². The maximum absolute atomic E-state index is 12.1. The van der Waals surface area contributed by atoms with Gasteiger partial charge in [0.2, 0.25) is 5.91 Å². The number of pyridine rings is 1. The number of nitrogens with one attached hydrogen (secondary N) is 3. The lowest BCUT2D eigenvalue weighted by Gasteiger charge is -2.10. The fourth-order valence-corrected chi connectivity index (χ4v) is 2.43. The Balaban J connectivity index is 1.56. The quantitative estimate of drug-likeness (QED) is 0.473. The van der Waals surface area contributed by atoms with Crippen LogP contribution in [0.2, 0.25) is 0 Å². The number of carbonyl (C=O) groups is 2. The van der Waals surface area contributed by atoms with E-state index in [4.69, 9.17) is 0 Å². The van der Waals surface area contributed by atoms with Gasteiger partial charge in [0, 0.05) is 29.4 Å². The molecule has 9 nitrogen and oxygen atoms in total. The summed E-state index contributed by atoms with van der Waals surface area (Å²) in [5.74, 6) is -0.428. The number of fused-ring (bicyclic) bond motifs is 1. The first-order valence-corrected chi connectivity index (χ1v) is 7.96. The zero-order chi connectivity index (χ0) is 19.2. The molecule has 0 atom stereocenters. The Morgan fingerprint density at radius 3 is 2.63 bits per heavy atom. The standard InChI is InChI=1S/C18H15N5O4/c24-16(22-15-8-1-4-12-5-3-9-19-17(12)15)11-20-18(25)21-13-6-2-7-14(10-13)23(26)27/h1-10H,11H2,(H,22,24)(H2,20,21,25). The van der Waals surface area contributed by atoms with Gasteiger partial charge in [0.25, 0.3) is 5.69 Å². The number of anilines is 2. The van der Waals surface area contributed by atoms with Crippen LogP contribution in [0.15, 0.2) is 60.8 Å². The monoisotopic (exact) mass is 365 g/mol. The van der Waals surface area contributed by atoms with E-state index in [1.165, 1.54) is 24.3 Å². The summed E-state index contributed by atoms with van der Waals surface area (Å²) in [7, 11) is 0. The highest BCUT2D eigenvalue weighted by Crippen LogP contribution is 2.20. The van der Waals surface area contributed by atoms with Crippen LogP contribution < -0.4 is 16.0 Å². The fraction of sp³-hybridized carbons (Fsp3) is 0.0556. The van der Waals surface area contributed by atoms with Crippen LogP contribution in [0, 0.1) is 10.1 Å². The first-order valence-electron chi connectivity index (χ1n) is 7.96. The van der Waals surface area contributed by atoms with E-state index in [1.54, 1.807) is 24.4 Å². The highest BCUT2D eigenvalue weighted by molar-refractivity contribution is 6.02. The second kappa shape index (κ2) is 7.91. The van der Waals surface area contributed by atoms with Crippen LogP contribution in [0.3, 0.4) is 0 Å². The molecule has 3 aromatic rings. The minimum Gasteiger partial charge on any atom is -0.329 e. The van der Waals surface area contributed by atoms with E-state index < -0.39 is 16.9 Å². The summed E-state index contributed by atoms with van der Waals surface area (Å²) in [4.78, 5) is 38.4. The van der Waals surface area contributed by atoms with E-state index in [9.17, 15) is 19.7 Å². The molecule has 3 amide bonds. The maximum atomic E-state index is 12.1. The molecule has 136 valence electrons. The van der Waals surface area contributed by atoms with Crippen molar-refractivity contribution in [3.63, 3.8) is 0 Å². The van der Waals surface area contributed by atoms with Gasteiger partial charge in [0.05, 0.1) is 22.7 Å². The zero-order valence-electron chi connectivity index (χ0n) is 14.0. The van der Waals surface area contributed by atoms with Crippen LogP contribution in [-0.2, 0) is 4.79 Å². The molecule has 27 heavy (non-hydrogen) atoms. The number of aromatic nitrogens is 1. The Labute approximate surface area is 153 Å². The van der Waals surface area contributed by atoms with Gasteiger partial charge in [0.15, 0.2) is 0 Å². The van der Waals surface area contributed by atoms with Crippen molar-refractivity contribution in [2.24, 2.45) is 0 Å². The van der Waals surface area contributed by atoms with Crippen molar-refractivity contribution in [2.45, 2.75) is 0 Å². The molecule has 0 saturated heterocycles. The van der Waals surface area contributed by atoms with Crippen molar-refractivity contribution in [1.82, 2.24) is 10.3 Å². The summed E-state index contributed by atoms with van der Waals surface area (Å²) >= 11 is 0. The van der Waals surface area contributed by atoms with Crippen molar-refractivity contribution in [2.75, 3.05) is 17.2 Å². The minimum absolute atomic E-state index is 0.144. The molecule has 2 aromatic carbocycles. The molecular weight excluding hydrogens is 350 g/mol.